The van der Waals surface area contributed by atoms with Gasteiger partial charge in [-0.3, -0.25) is 0 Å². The lowest BCUT2D eigenvalue weighted by atomic mass is 9.47. The summed E-state index contributed by atoms with van der Waals surface area (Å²) < 4.78 is 6.19. The minimum atomic E-state index is 0.470. The highest BCUT2D eigenvalue weighted by Crippen LogP contribution is 2.67. The van der Waals surface area contributed by atoms with Crippen LogP contribution in [0.5, 0.6) is 0 Å². The van der Waals surface area contributed by atoms with Crippen molar-refractivity contribution >= 4 is 0 Å². The predicted octanol–water partition coefficient (Wildman–Crippen LogP) is 8.82. The van der Waals surface area contributed by atoms with Crippen molar-refractivity contribution < 1.29 is 4.74 Å². The standard InChI is InChI=1S/C30H52O/c1-7-19-31-24-15-17-29(5)23(20-24)11-12-25-27-14-13-26(22(4)10-8-9-21(2)3)30(27,6)18-16-28(25)29/h11,21-22,24-28H,7-10,12-20H2,1-6H3/t22-,24+,25-,26+,27-,28-,29+,30-/m1/s1. The summed E-state index contributed by atoms with van der Waals surface area (Å²) in [7, 11) is 0. The van der Waals surface area contributed by atoms with Crippen LogP contribution in [0.3, 0.4) is 0 Å². The Morgan fingerprint density at radius 3 is 2.55 bits per heavy atom. The van der Waals surface area contributed by atoms with Gasteiger partial charge in [-0.2, -0.15) is 0 Å². The molecule has 0 aromatic carbocycles. The second-order valence-corrected chi connectivity index (χ2v) is 13.0. The highest BCUT2D eigenvalue weighted by molar-refractivity contribution is 5.25. The number of fused-ring (bicyclic) bond motifs is 5. The zero-order valence-electron chi connectivity index (χ0n) is 21.7. The normalized spacial score (nSPS) is 43.2. The average molecular weight is 429 g/mol. The Morgan fingerprint density at radius 1 is 1.00 bits per heavy atom. The van der Waals surface area contributed by atoms with Crippen molar-refractivity contribution in [2.45, 2.75) is 125 Å². The van der Waals surface area contributed by atoms with Crippen LogP contribution < -0.4 is 0 Å². The molecule has 1 nitrogen and oxygen atoms in total. The van der Waals surface area contributed by atoms with Gasteiger partial charge in [-0.1, -0.05) is 72.5 Å². The molecular formula is C30H52O. The van der Waals surface area contributed by atoms with Gasteiger partial charge in [-0.25, -0.2) is 0 Å². The molecule has 0 spiro atoms. The van der Waals surface area contributed by atoms with Crippen molar-refractivity contribution in [1.29, 1.82) is 0 Å². The zero-order valence-corrected chi connectivity index (χ0v) is 21.7. The van der Waals surface area contributed by atoms with Crippen LogP contribution in [0.2, 0.25) is 0 Å². The Morgan fingerprint density at radius 2 is 1.81 bits per heavy atom. The second-order valence-electron chi connectivity index (χ2n) is 13.0. The number of rotatable bonds is 8. The number of ether oxygens (including phenoxy) is 1. The molecule has 4 aliphatic rings. The summed E-state index contributed by atoms with van der Waals surface area (Å²) in [5, 5.41) is 0. The summed E-state index contributed by atoms with van der Waals surface area (Å²) in [6.07, 6.45) is 19.9. The molecule has 8 atom stereocenters. The van der Waals surface area contributed by atoms with Gasteiger partial charge in [-0.05, 0) is 104 Å². The molecule has 4 rings (SSSR count). The SMILES string of the molecule is CCCO[C@H]1CC[C@@]2(C)C(=CC[C@@H]3[C@H]4CC[C@@H]([C@H](C)CCCC(C)C)[C@@]4(C)CC[C@H]32)C1. The van der Waals surface area contributed by atoms with Gasteiger partial charge in [0.1, 0.15) is 0 Å². The molecule has 0 aromatic heterocycles. The summed E-state index contributed by atoms with van der Waals surface area (Å²) in [5.41, 5.74) is 2.86. The molecule has 0 aromatic rings. The lowest BCUT2D eigenvalue weighted by Gasteiger charge is -2.58. The van der Waals surface area contributed by atoms with Crippen molar-refractivity contribution in [2.75, 3.05) is 6.61 Å². The molecular weight excluding hydrogens is 376 g/mol. The molecule has 0 N–H and O–H groups in total. The van der Waals surface area contributed by atoms with Gasteiger partial charge in [0.15, 0.2) is 0 Å². The molecule has 3 saturated carbocycles. The van der Waals surface area contributed by atoms with Crippen LogP contribution in [0, 0.1) is 46.3 Å². The third kappa shape index (κ3) is 4.43. The molecule has 3 fully saturated rings. The van der Waals surface area contributed by atoms with Crippen LogP contribution in [0.1, 0.15) is 119 Å². The Hall–Kier alpha value is -0.300. The third-order valence-corrected chi connectivity index (χ3v) is 10.8. The topological polar surface area (TPSA) is 9.23 Å². The van der Waals surface area contributed by atoms with E-state index in [2.05, 4.69) is 47.6 Å². The molecule has 4 aliphatic carbocycles. The maximum absolute atomic E-state index is 6.19. The van der Waals surface area contributed by atoms with Gasteiger partial charge in [0.05, 0.1) is 6.10 Å². The first-order chi connectivity index (χ1) is 14.8. The van der Waals surface area contributed by atoms with Gasteiger partial charge in [0, 0.05) is 6.61 Å². The molecule has 0 aliphatic heterocycles. The monoisotopic (exact) mass is 428 g/mol. The maximum Gasteiger partial charge on any atom is 0.0612 e. The smallest absolute Gasteiger partial charge is 0.0612 e. The predicted molar refractivity (Wildman–Crippen MR) is 133 cm³/mol. The first kappa shape index (κ1) is 23.8. The van der Waals surface area contributed by atoms with E-state index in [1.165, 1.54) is 70.6 Å². The molecule has 0 radical (unpaired) electrons. The third-order valence-electron chi connectivity index (χ3n) is 10.8. The van der Waals surface area contributed by atoms with Crippen molar-refractivity contribution in [3.8, 4) is 0 Å². The largest absolute Gasteiger partial charge is 0.378 e. The van der Waals surface area contributed by atoms with Crippen molar-refractivity contribution in [2.24, 2.45) is 46.3 Å². The minimum absolute atomic E-state index is 0.470. The molecule has 0 unspecified atom stereocenters. The summed E-state index contributed by atoms with van der Waals surface area (Å²) in [6.45, 7) is 15.9. The van der Waals surface area contributed by atoms with Gasteiger partial charge in [0.25, 0.3) is 0 Å². The molecule has 0 bridgehead atoms. The Kier molecular flexibility index (Phi) is 7.32. The number of hydrogen-bond donors (Lipinski definition) is 0. The summed E-state index contributed by atoms with van der Waals surface area (Å²) in [4.78, 5) is 0. The zero-order chi connectivity index (χ0) is 22.2. The molecule has 31 heavy (non-hydrogen) atoms. The van der Waals surface area contributed by atoms with E-state index >= 15 is 0 Å². The Balaban J connectivity index is 1.45. The van der Waals surface area contributed by atoms with E-state index in [1.807, 2.05) is 0 Å². The second kappa shape index (κ2) is 9.52. The van der Waals surface area contributed by atoms with Crippen molar-refractivity contribution in [3.05, 3.63) is 11.6 Å². The van der Waals surface area contributed by atoms with Gasteiger partial charge >= 0.3 is 0 Å². The summed E-state index contributed by atoms with van der Waals surface area (Å²) in [6, 6.07) is 0. The van der Waals surface area contributed by atoms with Gasteiger partial charge in [-0.15, -0.1) is 0 Å². The van der Waals surface area contributed by atoms with E-state index < -0.39 is 0 Å². The van der Waals surface area contributed by atoms with Crippen molar-refractivity contribution in [3.63, 3.8) is 0 Å². The lowest BCUT2D eigenvalue weighted by molar-refractivity contribution is -0.0638. The fourth-order valence-electron chi connectivity index (χ4n) is 9.08. The van der Waals surface area contributed by atoms with Gasteiger partial charge < -0.3 is 4.74 Å². The summed E-state index contributed by atoms with van der Waals surface area (Å²) in [5.74, 6) is 5.62. The van der Waals surface area contributed by atoms with Crippen LogP contribution in [0.25, 0.3) is 0 Å². The van der Waals surface area contributed by atoms with E-state index in [9.17, 15) is 0 Å². The molecule has 1 heteroatoms. The van der Waals surface area contributed by atoms with Crippen LogP contribution in [0.4, 0.5) is 0 Å². The molecule has 178 valence electrons. The van der Waals surface area contributed by atoms with E-state index in [1.54, 1.807) is 5.57 Å². The fraction of sp³-hybridized carbons (Fsp3) is 0.933. The number of allylic oxidation sites excluding steroid dienone is 1. The highest BCUT2D eigenvalue weighted by Gasteiger charge is 2.59. The van der Waals surface area contributed by atoms with Crippen LogP contribution in [-0.2, 0) is 4.74 Å². The molecule has 0 amide bonds. The van der Waals surface area contributed by atoms with E-state index in [4.69, 9.17) is 4.74 Å². The first-order valence-corrected chi connectivity index (χ1v) is 14.1. The maximum atomic E-state index is 6.19. The van der Waals surface area contributed by atoms with Crippen molar-refractivity contribution in [1.82, 2.24) is 0 Å². The molecule has 0 heterocycles. The van der Waals surface area contributed by atoms with E-state index in [0.29, 0.717) is 16.9 Å². The lowest BCUT2D eigenvalue weighted by Crippen LogP contribution is -2.51. The Labute approximate surface area is 194 Å². The van der Waals surface area contributed by atoms with Crippen LogP contribution in [0.15, 0.2) is 11.6 Å². The highest BCUT2D eigenvalue weighted by atomic mass is 16.5. The summed E-state index contributed by atoms with van der Waals surface area (Å²) >= 11 is 0. The molecule has 0 saturated heterocycles. The Bertz CT molecular complexity index is 634. The van der Waals surface area contributed by atoms with Crippen LogP contribution >= 0.6 is 0 Å². The van der Waals surface area contributed by atoms with Crippen LogP contribution in [-0.4, -0.2) is 12.7 Å². The fourth-order valence-corrected chi connectivity index (χ4v) is 9.08. The van der Waals surface area contributed by atoms with E-state index in [-0.39, 0.29) is 0 Å². The average Bonchev–Trinajstić information content (AvgIpc) is 3.09. The first-order valence-electron chi connectivity index (χ1n) is 14.1. The quantitative estimate of drug-likeness (QED) is 0.351. The number of hydrogen-bond acceptors (Lipinski definition) is 1. The minimum Gasteiger partial charge on any atom is -0.378 e. The van der Waals surface area contributed by atoms with E-state index in [0.717, 1.165) is 48.5 Å². The van der Waals surface area contributed by atoms with Gasteiger partial charge in [0.2, 0.25) is 0 Å².